The molecular weight excluding hydrogens is 256 g/mol. The Balaban J connectivity index is 1.77. The molecule has 0 aromatic heterocycles. The molecule has 0 radical (unpaired) electrons. The maximum Gasteiger partial charge on any atom is 0.248 e. The van der Waals surface area contributed by atoms with E-state index in [0.29, 0.717) is 25.7 Å². The highest BCUT2D eigenvalue weighted by molar-refractivity contribution is 5.77. The maximum atomic E-state index is 11.8. The highest BCUT2D eigenvalue weighted by Crippen LogP contribution is 2.38. The number of carbonyl (C=O) groups is 1. The molecule has 2 saturated heterocycles. The molecule has 3 fully saturated rings. The fourth-order valence-electron chi connectivity index (χ4n) is 4.23. The lowest BCUT2D eigenvalue weighted by molar-refractivity contribution is -0.175. The zero-order valence-electron chi connectivity index (χ0n) is 12.2. The number of morpholine rings is 1. The van der Waals surface area contributed by atoms with Crippen molar-refractivity contribution in [3.8, 4) is 0 Å². The number of hydrogen-bond donors (Lipinski definition) is 1. The number of ether oxygens (including phenoxy) is 1. The van der Waals surface area contributed by atoms with Gasteiger partial charge in [-0.25, -0.2) is 0 Å². The van der Waals surface area contributed by atoms with Crippen molar-refractivity contribution in [3.05, 3.63) is 0 Å². The van der Waals surface area contributed by atoms with E-state index in [1.807, 2.05) is 0 Å². The van der Waals surface area contributed by atoms with Crippen molar-refractivity contribution in [2.24, 2.45) is 0 Å². The molecule has 2 aliphatic heterocycles. The molecule has 114 valence electrons. The molecule has 0 unspecified atom stereocenters. The Bertz CT molecular complexity index is 353. The van der Waals surface area contributed by atoms with Crippen molar-refractivity contribution in [2.45, 2.75) is 50.2 Å². The zero-order valence-corrected chi connectivity index (χ0v) is 12.2. The molecule has 2 heterocycles. The van der Waals surface area contributed by atoms with Crippen molar-refractivity contribution >= 4 is 5.91 Å². The van der Waals surface area contributed by atoms with Gasteiger partial charge in [0.05, 0.1) is 13.2 Å². The van der Waals surface area contributed by atoms with Gasteiger partial charge in [-0.15, -0.1) is 0 Å². The fourth-order valence-corrected chi connectivity index (χ4v) is 4.23. The first-order valence-electron chi connectivity index (χ1n) is 8.02. The summed E-state index contributed by atoms with van der Waals surface area (Å²) < 4.78 is 6.24. The molecule has 3 rings (SSSR count). The number of nitrogens with zero attached hydrogens (tertiary/aromatic N) is 2. The Hall–Kier alpha value is -0.650. The normalized spacial score (nSPS) is 35.6. The standard InChI is InChI=1S/C15H26N2O3/c18-11-14(19)17-9-10-20-15(12-17)6-2-1-5-13(15)16-7-3-4-8-16/h13,18H,1-12H2/t13-,15-/m0/s1. The molecule has 5 heteroatoms. The average Bonchev–Trinajstić information content (AvgIpc) is 3.01. The van der Waals surface area contributed by atoms with Crippen LogP contribution in [-0.4, -0.2) is 71.8 Å². The Morgan fingerprint density at radius 1 is 1.20 bits per heavy atom. The minimum absolute atomic E-state index is 0.154. The van der Waals surface area contributed by atoms with Gasteiger partial charge in [-0.3, -0.25) is 9.69 Å². The molecule has 0 aromatic rings. The molecular formula is C15H26N2O3. The largest absolute Gasteiger partial charge is 0.387 e. The van der Waals surface area contributed by atoms with Gasteiger partial charge in [0.25, 0.3) is 0 Å². The van der Waals surface area contributed by atoms with Crippen molar-refractivity contribution in [1.29, 1.82) is 0 Å². The fraction of sp³-hybridized carbons (Fsp3) is 0.933. The van der Waals surface area contributed by atoms with E-state index in [9.17, 15) is 4.79 Å². The van der Waals surface area contributed by atoms with Gasteiger partial charge < -0.3 is 14.7 Å². The first-order valence-corrected chi connectivity index (χ1v) is 8.02. The van der Waals surface area contributed by atoms with Crippen LogP contribution in [0.4, 0.5) is 0 Å². The second kappa shape index (κ2) is 6.00. The van der Waals surface area contributed by atoms with Crippen LogP contribution in [0.15, 0.2) is 0 Å². The van der Waals surface area contributed by atoms with Gasteiger partial charge in [-0.1, -0.05) is 12.8 Å². The molecule has 20 heavy (non-hydrogen) atoms. The summed E-state index contributed by atoms with van der Waals surface area (Å²) >= 11 is 0. The van der Waals surface area contributed by atoms with Crippen LogP contribution in [0.5, 0.6) is 0 Å². The predicted molar refractivity (Wildman–Crippen MR) is 75.4 cm³/mol. The van der Waals surface area contributed by atoms with Crippen LogP contribution >= 0.6 is 0 Å². The van der Waals surface area contributed by atoms with E-state index in [-0.39, 0.29) is 18.1 Å². The molecule has 2 atom stereocenters. The number of aliphatic hydroxyl groups excluding tert-OH is 1. The van der Waals surface area contributed by atoms with Gasteiger partial charge in [-0.05, 0) is 38.8 Å². The van der Waals surface area contributed by atoms with E-state index in [2.05, 4.69) is 4.90 Å². The first kappa shape index (κ1) is 14.3. The zero-order chi connectivity index (χ0) is 14.0. The molecule has 1 spiro atoms. The third-order valence-corrected chi connectivity index (χ3v) is 5.21. The topological polar surface area (TPSA) is 53.0 Å². The van der Waals surface area contributed by atoms with E-state index >= 15 is 0 Å². The van der Waals surface area contributed by atoms with E-state index in [0.717, 1.165) is 6.42 Å². The van der Waals surface area contributed by atoms with Crippen LogP contribution in [0.1, 0.15) is 38.5 Å². The first-order chi connectivity index (χ1) is 9.75. The van der Waals surface area contributed by atoms with E-state index in [1.54, 1.807) is 4.90 Å². The van der Waals surface area contributed by atoms with Crippen molar-refractivity contribution in [2.75, 3.05) is 39.4 Å². The van der Waals surface area contributed by atoms with Gasteiger partial charge in [0.15, 0.2) is 0 Å². The van der Waals surface area contributed by atoms with Crippen molar-refractivity contribution in [3.63, 3.8) is 0 Å². The quantitative estimate of drug-likeness (QED) is 0.806. The van der Waals surface area contributed by atoms with Crippen LogP contribution < -0.4 is 0 Å². The molecule has 1 saturated carbocycles. The van der Waals surface area contributed by atoms with Gasteiger partial charge >= 0.3 is 0 Å². The highest BCUT2D eigenvalue weighted by Gasteiger charge is 2.48. The highest BCUT2D eigenvalue weighted by atomic mass is 16.5. The van der Waals surface area contributed by atoms with Crippen LogP contribution in [0.25, 0.3) is 0 Å². The van der Waals surface area contributed by atoms with E-state index in [1.165, 1.54) is 45.2 Å². The number of aliphatic hydroxyl groups is 1. The van der Waals surface area contributed by atoms with Gasteiger partial charge in [0.2, 0.25) is 5.91 Å². The van der Waals surface area contributed by atoms with E-state index < -0.39 is 0 Å². The summed E-state index contributed by atoms with van der Waals surface area (Å²) in [7, 11) is 0. The van der Waals surface area contributed by atoms with Gasteiger partial charge in [0.1, 0.15) is 12.2 Å². The molecule has 1 aliphatic carbocycles. The molecule has 0 bridgehead atoms. The van der Waals surface area contributed by atoms with Crippen molar-refractivity contribution in [1.82, 2.24) is 9.80 Å². The number of amides is 1. The van der Waals surface area contributed by atoms with Crippen LogP contribution in [-0.2, 0) is 9.53 Å². The monoisotopic (exact) mass is 282 g/mol. The molecule has 3 aliphatic rings. The Kier molecular flexibility index (Phi) is 4.29. The molecule has 1 N–H and O–H groups in total. The Labute approximate surface area is 120 Å². The summed E-state index contributed by atoms with van der Waals surface area (Å²) in [4.78, 5) is 16.2. The summed E-state index contributed by atoms with van der Waals surface area (Å²) in [5.74, 6) is -0.154. The molecule has 1 amide bonds. The second-order valence-electron chi connectivity index (χ2n) is 6.39. The minimum Gasteiger partial charge on any atom is -0.387 e. The van der Waals surface area contributed by atoms with Crippen LogP contribution in [0.3, 0.4) is 0 Å². The average molecular weight is 282 g/mol. The summed E-state index contributed by atoms with van der Waals surface area (Å²) in [5, 5.41) is 9.11. The maximum absolute atomic E-state index is 11.8. The second-order valence-corrected chi connectivity index (χ2v) is 6.39. The summed E-state index contributed by atoms with van der Waals surface area (Å²) in [6, 6.07) is 0.452. The van der Waals surface area contributed by atoms with Crippen LogP contribution in [0, 0.1) is 0 Å². The van der Waals surface area contributed by atoms with E-state index in [4.69, 9.17) is 9.84 Å². The lowest BCUT2D eigenvalue weighted by Gasteiger charge is -2.52. The summed E-state index contributed by atoms with van der Waals surface area (Å²) in [6.45, 7) is 3.84. The summed E-state index contributed by atoms with van der Waals surface area (Å²) in [5.41, 5.74) is -0.189. The third kappa shape index (κ3) is 2.59. The molecule has 5 nitrogen and oxygen atoms in total. The lowest BCUT2D eigenvalue weighted by atomic mass is 9.78. The Morgan fingerprint density at radius 3 is 2.75 bits per heavy atom. The third-order valence-electron chi connectivity index (χ3n) is 5.21. The lowest BCUT2D eigenvalue weighted by Crippen LogP contribution is -2.64. The van der Waals surface area contributed by atoms with Gasteiger partial charge in [-0.2, -0.15) is 0 Å². The number of hydrogen-bond acceptors (Lipinski definition) is 4. The SMILES string of the molecule is O=C(CO)N1CCO[C@@]2(CCCC[C@@H]2N2CCCC2)C1. The minimum atomic E-state index is -0.384. The number of rotatable bonds is 2. The smallest absolute Gasteiger partial charge is 0.248 e. The molecule has 0 aromatic carbocycles. The number of likely N-dealkylation sites (tertiary alicyclic amines) is 1. The number of carbonyl (C=O) groups excluding carboxylic acids is 1. The Morgan fingerprint density at radius 2 is 2.00 bits per heavy atom. The summed E-state index contributed by atoms with van der Waals surface area (Å²) in [6.07, 6.45) is 7.24. The van der Waals surface area contributed by atoms with Crippen molar-refractivity contribution < 1.29 is 14.6 Å². The van der Waals surface area contributed by atoms with Gasteiger partial charge in [0, 0.05) is 12.6 Å². The van der Waals surface area contributed by atoms with Crippen LogP contribution in [0.2, 0.25) is 0 Å². The predicted octanol–water partition coefficient (Wildman–Crippen LogP) is 0.615.